The summed E-state index contributed by atoms with van der Waals surface area (Å²) in [5.74, 6) is 0.490. The lowest BCUT2D eigenvalue weighted by molar-refractivity contribution is 0.179. The van der Waals surface area contributed by atoms with E-state index < -0.39 is 0 Å². The van der Waals surface area contributed by atoms with Crippen LogP contribution in [-0.4, -0.2) is 38.4 Å². The van der Waals surface area contributed by atoms with E-state index in [0.29, 0.717) is 24.9 Å². The number of nitrogens with one attached hydrogen (secondary N) is 1. The molecule has 0 radical (unpaired) electrons. The fourth-order valence-corrected chi connectivity index (χ4v) is 1.63. The maximum absolute atomic E-state index is 13.0. The van der Waals surface area contributed by atoms with E-state index in [0.717, 1.165) is 0 Å². The summed E-state index contributed by atoms with van der Waals surface area (Å²) in [6.07, 6.45) is -0.199. The summed E-state index contributed by atoms with van der Waals surface area (Å²) >= 11 is 0. The Morgan fingerprint density at radius 2 is 2.14 bits per heavy atom. The van der Waals surface area contributed by atoms with Crippen LogP contribution < -0.4 is 15.8 Å². The normalized spacial score (nSPS) is 14.0. The highest BCUT2D eigenvalue weighted by Gasteiger charge is 2.06. The minimum absolute atomic E-state index is 0. The van der Waals surface area contributed by atoms with Crippen LogP contribution in [0.15, 0.2) is 29.3 Å². The average molecular weight is 411 g/mol. The third kappa shape index (κ3) is 8.71. The lowest BCUT2D eigenvalue weighted by Gasteiger charge is -2.15. The zero-order valence-corrected chi connectivity index (χ0v) is 14.8. The Hall–Kier alpha value is -1.09. The second-order valence-electron chi connectivity index (χ2n) is 4.61. The van der Waals surface area contributed by atoms with E-state index >= 15 is 0 Å². The Kier molecular flexibility index (Phi) is 10.1. The first-order chi connectivity index (χ1) is 9.51. The average Bonchev–Trinajstić information content (AvgIpc) is 2.36. The monoisotopic (exact) mass is 411 g/mol. The molecule has 21 heavy (non-hydrogen) atoms. The van der Waals surface area contributed by atoms with Gasteiger partial charge in [0.05, 0.1) is 13.2 Å². The summed E-state index contributed by atoms with van der Waals surface area (Å²) < 4.78 is 23.5. The van der Waals surface area contributed by atoms with E-state index in [2.05, 4.69) is 10.3 Å². The fraction of sp³-hybridized carbons (Fsp3) is 0.500. The second kappa shape index (κ2) is 10.6. The molecule has 0 aliphatic heterocycles. The Bertz CT molecular complexity index is 446. The zero-order chi connectivity index (χ0) is 15.0. The molecule has 0 amide bonds. The summed E-state index contributed by atoms with van der Waals surface area (Å²) in [4.78, 5) is 4.17. The maximum atomic E-state index is 13.0. The van der Waals surface area contributed by atoms with Crippen LogP contribution >= 0.6 is 24.0 Å². The molecule has 0 aromatic heterocycles. The number of aliphatic imine (C=N–C) groups is 1. The van der Waals surface area contributed by atoms with E-state index in [1.54, 1.807) is 19.2 Å². The Morgan fingerprint density at radius 3 is 2.76 bits per heavy atom. The van der Waals surface area contributed by atoms with Gasteiger partial charge >= 0.3 is 0 Å². The maximum Gasteiger partial charge on any atom is 0.189 e. The molecule has 0 spiro atoms. The largest absolute Gasteiger partial charge is 0.489 e. The third-order valence-corrected chi connectivity index (χ3v) is 2.46. The number of guanidine groups is 1. The van der Waals surface area contributed by atoms with Gasteiger partial charge < -0.3 is 20.5 Å². The van der Waals surface area contributed by atoms with Crippen LogP contribution in [0.25, 0.3) is 0 Å². The van der Waals surface area contributed by atoms with Crippen LogP contribution in [0.4, 0.5) is 4.39 Å². The molecule has 1 aromatic rings. The van der Waals surface area contributed by atoms with Crippen LogP contribution in [0.1, 0.15) is 13.8 Å². The van der Waals surface area contributed by atoms with Crippen molar-refractivity contribution < 1.29 is 13.9 Å². The number of ether oxygens (including phenoxy) is 2. The lowest BCUT2D eigenvalue weighted by Crippen LogP contribution is -2.41. The molecule has 1 rings (SSSR count). The molecular formula is C14H23FIN3O2. The molecular weight excluding hydrogens is 388 g/mol. The first-order valence-corrected chi connectivity index (χ1v) is 6.49. The van der Waals surface area contributed by atoms with Gasteiger partial charge in [0.1, 0.15) is 17.7 Å². The van der Waals surface area contributed by atoms with Crippen molar-refractivity contribution in [1.29, 1.82) is 0 Å². The van der Waals surface area contributed by atoms with Crippen molar-refractivity contribution in [3.8, 4) is 5.75 Å². The highest BCUT2D eigenvalue weighted by Crippen LogP contribution is 2.13. The van der Waals surface area contributed by atoms with Crippen molar-refractivity contribution in [3.63, 3.8) is 0 Å². The molecule has 7 heteroatoms. The van der Waals surface area contributed by atoms with Crippen LogP contribution in [-0.2, 0) is 4.74 Å². The third-order valence-electron chi connectivity index (χ3n) is 2.46. The molecule has 120 valence electrons. The van der Waals surface area contributed by atoms with Crippen LogP contribution in [0, 0.1) is 5.82 Å². The van der Waals surface area contributed by atoms with Gasteiger partial charge in [0.25, 0.3) is 0 Å². The molecule has 5 nitrogen and oxygen atoms in total. The number of benzene rings is 1. The molecule has 0 heterocycles. The number of halogens is 2. The van der Waals surface area contributed by atoms with E-state index in [9.17, 15) is 4.39 Å². The fourth-order valence-electron chi connectivity index (χ4n) is 1.63. The summed E-state index contributed by atoms with van der Waals surface area (Å²) in [6.45, 7) is 4.72. The number of methoxy groups -OCH3 is 1. The molecule has 0 fully saturated rings. The van der Waals surface area contributed by atoms with Crippen molar-refractivity contribution in [2.24, 2.45) is 10.7 Å². The summed E-state index contributed by atoms with van der Waals surface area (Å²) in [6, 6.07) is 6.09. The number of rotatable bonds is 7. The Labute approximate surface area is 142 Å². The molecule has 3 N–H and O–H groups in total. The predicted octanol–water partition coefficient (Wildman–Crippen LogP) is 2.15. The van der Waals surface area contributed by atoms with Gasteiger partial charge in [-0.1, -0.05) is 6.07 Å². The Morgan fingerprint density at radius 1 is 1.43 bits per heavy atom. The van der Waals surface area contributed by atoms with Crippen LogP contribution in [0.3, 0.4) is 0 Å². The molecule has 2 atom stereocenters. The molecule has 0 bridgehead atoms. The van der Waals surface area contributed by atoms with Gasteiger partial charge in [-0.15, -0.1) is 24.0 Å². The van der Waals surface area contributed by atoms with Crippen LogP contribution in [0.5, 0.6) is 5.75 Å². The minimum atomic E-state index is -0.326. The first kappa shape index (κ1) is 19.9. The van der Waals surface area contributed by atoms with E-state index in [4.69, 9.17) is 15.2 Å². The second-order valence-corrected chi connectivity index (χ2v) is 4.61. The van der Waals surface area contributed by atoms with E-state index in [-0.39, 0.29) is 41.9 Å². The number of hydrogen-bond donors (Lipinski definition) is 2. The predicted molar refractivity (Wildman–Crippen MR) is 92.9 cm³/mol. The summed E-state index contributed by atoms with van der Waals surface area (Å²) in [7, 11) is 1.63. The van der Waals surface area contributed by atoms with Gasteiger partial charge in [0.15, 0.2) is 5.96 Å². The topological polar surface area (TPSA) is 68.9 Å². The first-order valence-electron chi connectivity index (χ1n) is 6.49. The zero-order valence-electron chi connectivity index (χ0n) is 12.5. The minimum Gasteiger partial charge on any atom is -0.489 e. The number of hydrogen-bond acceptors (Lipinski definition) is 3. The number of nitrogens with zero attached hydrogens (tertiary/aromatic N) is 1. The van der Waals surface area contributed by atoms with Gasteiger partial charge in [-0.2, -0.15) is 0 Å². The van der Waals surface area contributed by atoms with Gasteiger partial charge in [-0.3, -0.25) is 0 Å². The van der Waals surface area contributed by atoms with Gasteiger partial charge in [-0.05, 0) is 26.0 Å². The van der Waals surface area contributed by atoms with Gasteiger partial charge in [-0.25, -0.2) is 9.38 Å². The van der Waals surface area contributed by atoms with Crippen molar-refractivity contribution in [1.82, 2.24) is 5.32 Å². The number of nitrogens with two attached hydrogens (primary N) is 1. The Balaban J connectivity index is 0.00000400. The van der Waals surface area contributed by atoms with Crippen molar-refractivity contribution in [2.45, 2.75) is 26.0 Å². The highest BCUT2D eigenvalue weighted by molar-refractivity contribution is 14.0. The van der Waals surface area contributed by atoms with E-state index in [1.165, 1.54) is 12.1 Å². The summed E-state index contributed by atoms with van der Waals surface area (Å²) in [5, 5.41) is 3.00. The lowest BCUT2D eigenvalue weighted by atomic mass is 10.3. The molecule has 1 aromatic carbocycles. The van der Waals surface area contributed by atoms with Gasteiger partial charge in [0, 0.05) is 19.2 Å². The molecule has 0 saturated heterocycles. The highest BCUT2D eigenvalue weighted by atomic mass is 127. The van der Waals surface area contributed by atoms with Crippen molar-refractivity contribution in [2.75, 3.05) is 20.3 Å². The van der Waals surface area contributed by atoms with Gasteiger partial charge in [0.2, 0.25) is 0 Å². The van der Waals surface area contributed by atoms with Crippen molar-refractivity contribution >= 4 is 29.9 Å². The molecule has 0 saturated carbocycles. The van der Waals surface area contributed by atoms with Crippen molar-refractivity contribution in [3.05, 3.63) is 30.1 Å². The molecule has 0 aliphatic carbocycles. The molecule has 2 unspecified atom stereocenters. The SMILES string of the molecule is COCC(C)NC(N)=NCC(C)Oc1cccc(F)c1.I. The quantitative estimate of drug-likeness (QED) is 0.410. The summed E-state index contributed by atoms with van der Waals surface area (Å²) in [5.41, 5.74) is 5.74. The van der Waals surface area contributed by atoms with E-state index in [1.807, 2.05) is 13.8 Å². The smallest absolute Gasteiger partial charge is 0.189 e. The standard InChI is InChI=1S/C14H22FN3O2.HI/c1-10(9-19-3)18-14(16)17-8-11(2)20-13-6-4-5-12(15)7-13;/h4-7,10-11H,8-9H2,1-3H3,(H3,16,17,18);1H. The van der Waals surface area contributed by atoms with Crippen LogP contribution in [0.2, 0.25) is 0 Å². The molecule has 0 aliphatic rings.